The van der Waals surface area contributed by atoms with Crippen LogP contribution in [0.3, 0.4) is 0 Å². The molecule has 0 spiro atoms. The number of carboxylic acids is 1. The van der Waals surface area contributed by atoms with Crippen LogP contribution in [0.25, 0.3) is 0 Å². The molecule has 0 heterocycles. The number of esters is 2. The molecule has 0 rings (SSSR count). The van der Waals surface area contributed by atoms with E-state index in [1.54, 1.807) is 21.1 Å². The summed E-state index contributed by atoms with van der Waals surface area (Å²) in [5.41, 5.74) is 0. The second kappa shape index (κ2) is 37.2. The van der Waals surface area contributed by atoms with Gasteiger partial charge in [-0.1, -0.05) is 156 Å². The molecule has 0 saturated carbocycles. The zero-order chi connectivity index (χ0) is 40.7. The number of nitrogens with zero attached hydrogens (tertiary/aromatic N) is 1. The average molecular weight is 766 g/mol. The summed E-state index contributed by atoms with van der Waals surface area (Å²) < 4.78 is 17.0. The number of carbonyl (C=O) groups excluding carboxylic acids is 3. The van der Waals surface area contributed by atoms with E-state index in [1.807, 2.05) is 54.7 Å². The topological polar surface area (TPSA) is 102 Å². The van der Waals surface area contributed by atoms with E-state index in [2.05, 4.69) is 56.4 Å². The SMILES string of the molecule is CC/C=C/C=C/C=C/C=C/C=C/CCCC(=O)OC(COCCC(C(=O)[O-])[N+](C)(C)C)COC(=O)CCCCCCC/C=C/C=C/C=C/CCCCCCC. The summed E-state index contributed by atoms with van der Waals surface area (Å²) in [7, 11) is 5.35. The molecule has 2 unspecified atom stereocenters. The van der Waals surface area contributed by atoms with Crippen LogP contribution in [-0.4, -0.2) is 75.5 Å². The summed E-state index contributed by atoms with van der Waals surface area (Å²) in [6.07, 6.45) is 48.7. The maximum absolute atomic E-state index is 12.6. The van der Waals surface area contributed by atoms with Crippen molar-refractivity contribution in [2.45, 2.75) is 142 Å². The molecular formula is C47H75NO7. The van der Waals surface area contributed by atoms with Gasteiger partial charge in [0.2, 0.25) is 0 Å². The molecule has 0 amide bonds. The predicted octanol–water partition coefficient (Wildman–Crippen LogP) is 9.79. The molecule has 0 aromatic carbocycles. The van der Waals surface area contributed by atoms with Crippen molar-refractivity contribution in [3.63, 3.8) is 0 Å². The third kappa shape index (κ3) is 35.7. The summed E-state index contributed by atoms with van der Waals surface area (Å²) in [6, 6.07) is -0.747. The fourth-order valence-corrected chi connectivity index (χ4v) is 5.39. The Bertz CT molecular complexity index is 1220. The molecule has 2 atom stereocenters. The Morgan fingerprint density at radius 2 is 1.04 bits per heavy atom. The Labute approximate surface area is 335 Å². The Kier molecular flexibility index (Phi) is 34.7. The zero-order valence-corrected chi connectivity index (χ0v) is 35.0. The van der Waals surface area contributed by atoms with Gasteiger partial charge in [-0.25, -0.2) is 0 Å². The molecule has 0 aromatic rings. The maximum Gasteiger partial charge on any atom is 0.306 e. The first-order valence-corrected chi connectivity index (χ1v) is 20.9. The van der Waals surface area contributed by atoms with Crippen molar-refractivity contribution >= 4 is 17.9 Å². The fraction of sp³-hybridized carbons (Fsp3) is 0.596. The fourth-order valence-electron chi connectivity index (χ4n) is 5.39. The smallest absolute Gasteiger partial charge is 0.306 e. The summed E-state index contributed by atoms with van der Waals surface area (Å²) in [4.78, 5) is 36.7. The molecule has 0 aromatic heterocycles. The minimum Gasteiger partial charge on any atom is -0.544 e. The van der Waals surface area contributed by atoms with Crippen molar-refractivity contribution in [2.24, 2.45) is 0 Å². The van der Waals surface area contributed by atoms with Crippen LogP contribution in [0.1, 0.15) is 129 Å². The standard InChI is InChI=1S/C47H75NO7/c1-6-8-10-12-14-16-18-20-21-22-23-24-26-27-29-31-33-35-37-45(49)54-42-43(41-53-40-39-44(47(51)52)48(3,4)5)55-46(50)38-36-34-32-30-28-25-19-17-15-13-11-9-7-2/h9,11,13,15,17-25,28,30,32,43-44H,6-8,10,12,14,16,26-27,29,31,33-42H2,1-5H3/b11-9+,15-13+,19-17+,20-18+,22-21+,24-23+,28-25+,32-30+. The number of allylic oxidation sites excluding steroid dienone is 16. The van der Waals surface area contributed by atoms with Crippen LogP contribution in [0.15, 0.2) is 97.2 Å². The van der Waals surface area contributed by atoms with Crippen LogP contribution >= 0.6 is 0 Å². The van der Waals surface area contributed by atoms with E-state index in [0.717, 1.165) is 51.4 Å². The molecule has 8 nitrogen and oxygen atoms in total. The van der Waals surface area contributed by atoms with Gasteiger partial charge in [0.05, 0.1) is 40.3 Å². The van der Waals surface area contributed by atoms with Gasteiger partial charge in [-0.05, 0) is 51.4 Å². The van der Waals surface area contributed by atoms with Crippen molar-refractivity contribution in [3.8, 4) is 0 Å². The van der Waals surface area contributed by atoms with Crippen LogP contribution in [0.5, 0.6) is 0 Å². The van der Waals surface area contributed by atoms with Crippen molar-refractivity contribution in [2.75, 3.05) is 41.0 Å². The van der Waals surface area contributed by atoms with Crippen molar-refractivity contribution in [3.05, 3.63) is 97.2 Å². The number of likely N-dealkylation sites (N-methyl/N-ethyl adjacent to an activating group) is 1. The Balaban J connectivity index is 4.53. The van der Waals surface area contributed by atoms with E-state index in [4.69, 9.17) is 14.2 Å². The molecule has 8 heteroatoms. The van der Waals surface area contributed by atoms with Gasteiger partial charge in [0.25, 0.3) is 0 Å². The number of rotatable bonds is 35. The minimum atomic E-state index is -1.15. The van der Waals surface area contributed by atoms with Gasteiger partial charge < -0.3 is 28.6 Å². The van der Waals surface area contributed by atoms with Gasteiger partial charge in [-0.3, -0.25) is 9.59 Å². The second-order valence-corrected chi connectivity index (χ2v) is 14.7. The van der Waals surface area contributed by atoms with E-state index in [1.165, 1.54) is 32.1 Å². The maximum atomic E-state index is 12.6. The Morgan fingerprint density at radius 1 is 0.564 bits per heavy atom. The Morgan fingerprint density at radius 3 is 1.56 bits per heavy atom. The molecule has 0 bridgehead atoms. The Hall–Kier alpha value is -3.75. The molecule has 0 aliphatic heterocycles. The van der Waals surface area contributed by atoms with E-state index in [0.29, 0.717) is 19.3 Å². The number of hydrogen-bond donors (Lipinski definition) is 0. The van der Waals surface area contributed by atoms with E-state index < -0.39 is 24.1 Å². The molecule has 0 fully saturated rings. The van der Waals surface area contributed by atoms with Crippen molar-refractivity contribution in [1.82, 2.24) is 0 Å². The van der Waals surface area contributed by atoms with Crippen molar-refractivity contribution in [1.29, 1.82) is 0 Å². The summed E-state index contributed by atoms with van der Waals surface area (Å²) in [5.74, 6) is -1.88. The largest absolute Gasteiger partial charge is 0.544 e. The van der Waals surface area contributed by atoms with Crippen LogP contribution in [-0.2, 0) is 28.6 Å². The number of ether oxygens (including phenoxy) is 3. The number of carboxylic acid groups (broad SMARTS) is 1. The van der Waals surface area contributed by atoms with Gasteiger partial charge in [-0.2, -0.15) is 0 Å². The number of aliphatic carboxylic acids is 1. The highest BCUT2D eigenvalue weighted by Crippen LogP contribution is 2.11. The number of quaternary nitrogens is 1. The van der Waals surface area contributed by atoms with Gasteiger partial charge >= 0.3 is 11.9 Å². The van der Waals surface area contributed by atoms with Crippen LogP contribution < -0.4 is 5.11 Å². The van der Waals surface area contributed by atoms with Gasteiger partial charge in [0, 0.05) is 19.3 Å². The molecule has 0 aliphatic carbocycles. The quantitative estimate of drug-likeness (QED) is 0.0274. The molecule has 55 heavy (non-hydrogen) atoms. The number of carbonyl (C=O) groups is 3. The lowest BCUT2D eigenvalue weighted by atomic mass is 10.1. The highest BCUT2D eigenvalue weighted by Gasteiger charge is 2.25. The zero-order valence-electron chi connectivity index (χ0n) is 35.0. The van der Waals surface area contributed by atoms with E-state index >= 15 is 0 Å². The third-order valence-corrected chi connectivity index (χ3v) is 8.64. The number of hydrogen-bond acceptors (Lipinski definition) is 7. The van der Waals surface area contributed by atoms with E-state index in [9.17, 15) is 19.5 Å². The van der Waals surface area contributed by atoms with Gasteiger partial charge in [0.15, 0.2) is 6.10 Å². The van der Waals surface area contributed by atoms with Crippen LogP contribution in [0.2, 0.25) is 0 Å². The molecule has 0 aliphatic rings. The van der Waals surface area contributed by atoms with Gasteiger partial charge in [0.1, 0.15) is 12.6 Å². The highest BCUT2D eigenvalue weighted by atomic mass is 16.6. The second-order valence-electron chi connectivity index (χ2n) is 14.7. The first-order chi connectivity index (χ1) is 26.6. The van der Waals surface area contributed by atoms with Crippen molar-refractivity contribution < 1.29 is 38.2 Å². The monoisotopic (exact) mass is 766 g/mol. The average Bonchev–Trinajstić information content (AvgIpc) is 3.14. The summed E-state index contributed by atoms with van der Waals surface area (Å²) in [5, 5.41) is 11.6. The summed E-state index contributed by atoms with van der Waals surface area (Å²) in [6.45, 7) is 4.37. The third-order valence-electron chi connectivity index (χ3n) is 8.64. The summed E-state index contributed by atoms with van der Waals surface area (Å²) >= 11 is 0. The van der Waals surface area contributed by atoms with Gasteiger partial charge in [-0.15, -0.1) is 0 Å². The lowest BCUT2D eigenvalue weighted by molar-refractivity contribution is -0.889. The normalized spacial score (nSPS) is 14.0. The molecule has 310 valence electrons. The predicted molar refractivity (Wildman–Crippen MR) is 226 cm³/mol. The lowest BCUT2D eigenvalue weighted by Gasteiger charge is -2.34. The lowest BCUT2D eigenvalue weighted by Crippen LogP contribution is -2.55. The first-order valence-electron chi connectivity index (χ1n) is 20.9. The highest BCUT2D eigenvalue weighted by molar-refractivity contribution is 5.70. The molecule has 0 N–H and O–H groups in total. The minimum absolute atomic E-state index is 0.00163. The molecule has 0 radical (unpaired) electrons. The van der Waals surface area contributed by atoms with Crippen LogP contribution in [0, 0.1) is 0 Å². The number of unbranched alkanes of at least 4 members (excludes halogenated alkanes) is 11. The van der Waals surface area contributed by atoms with E-state index in [-0.39, 0.29) is 43.1 Å². The van der Waals surface area contributed by atoms with Crippen LogP contribution in [0.4, 0.5) is 0 Å². The molecule has 0 saturated heterocycles. The first kappa shape index (κ1) is 51.2. The molecular weight excluding hydrogens is 691 g/mol.